The van der Waals surface area contributed by atoms with Crippen LogP contribution < -0.4 is 14.7 Å². The van der Waals surface area contributed by atoms with Crippen molar-refractivity contribution >= 4 is 23.5 Å². The van der Waals surface area contributed by atoms with E-state index in [-0.39, 0.29) is 56.4 Å². The fourth-order valence-corrected chi connectivity index (χ4v) is 17.6. The van der Waals surface area contributed by atoms with Gasteiger partial charge >= 0.3 is 16.8 Å². The second kappa shape index (κ2) is 115. The summed E-state index contributed by atoms with van der Waals surface area (Å²) in [6.07, 6.45) is 132. The summed E-state index contributed by atoms with van der Waals surface area (Å²) in [5.74, 6) is 0. The molecule has 738 valence electrons. The minimum atomic E-state index is -4.14. The third-order valence-electron chi connectivity index (χ3n) is 23.4. The molecule has 0 amide bonds. The molecule has 0 saturated heterocycles. The van der Waals surface area contributed by atoms with Crippen LogP contribution in [0.25, 0.3) is 0 Å². The van der Waals surface area contributed by atoms with E-state index in [1.807, 2.05) is 0 Å². The Morgan fingerprint density at radius 3 is 0.323 bits per heavy atom. The van der Waals surface area contributed by atoms with Crippen LogP contribution in [0.5, 0.6) is 0 Å². The van der Waals surface area contributed by atoms with Crippen LogP contribution in [0, 0.1) is 0 Å². The summed E-state index contributed by atoms with van der Waals surface area (Å²) < 4.78 is 66.0. The first kappa shape index (κ1) is 130. The van der Waals surface area contributed by atoms with Crippen molar-refractivity contribution in [2.24, 2.45) is 0 Å². The number of unbranched alkanes of at least 4 members (excludes halogenated alkanes) is 72. The second-order valence-electron chi connectivity index (χ2n) is 36.0. The number of allylic oxidation sites excluding steroid dienone is 12. The van der Waals surface area contributed by atoms with E-state index in [9.17, 15) is 28.4 Å². The van der Waals surface area contributed by atoms with E-state index in [0.29, 0.717) is 0 Å². The predicted octanol–water partition coefficient (Wildman–Crippen LogP) is 37.7. The van der Waals surface area contributed by atoms with Crippen molar-refractivity contribution < 1.29 is 72.3 Å². The molecule has 0 aliphatic rings. The van der Waals surface area contributed by atoms with Crippen molar-refractivity contribution in [2.75, 3.05) is 39.6 Å². The molecule has 0 bridgehead atoms. The molecule has 0 radical (unpaired) electrons. The van der Waals surface area contributed by atoms with Crippen LogP contribution in [-0.2, 0) is 57.6 Å². The van der Waals surface area contributed by atoms with Gasteiger partial charge in [-0.05, 0) is 193 Å². The van der Waals surface area contributed by atoms with Gasteiger partial charge in [0.1, 0.15) is 0 Å². The third kappa shape index (κ3) is 123. The van der Waals surface area contributed by atoms with Crippen LogP contribution in [-0.4, -0.2) is 39.6 Å². The minimum absolute atomic E-state index is 0. The third-order valence-corrected chi connectivity index (χ3v) is 26.4. The first-order valence-corrected chi connectivity index (χ1v) is 58.4. The topological polar surface area (TPSA) is 176 Å². The molecule has 0 heterocycles. The van der Waals surface area contributed by atoms with Crippen molar-refractivity contribution in [3.05, 3.63) is 72.9 Å². The van der Waals surface area contributed by atoms with Gasteiger partial charge in [-0.2, -0.15) is 0 Å². The molecule has 0 atom stereocenters. The van der Waals surface area contributed by atoms with Crippen LogP contribution >= 0.6 is 23.5 Å². The number of phosphoric ester groups is 3. The maximum Gasteiger partial charge on any atom is 3.00 e. The quantitative estimate of drug-likeness (QED) is 0.0320. The van der Waals surface area contributed by atoms with E-state index in [1.54, 1.807) is 0 Å². The molecular weight excluding hydrogens is 1640 g/mol. The molecule has 0 aromatic carbocycles. The largest absolute Gasteiger partial charge is 3.00 e. The normalized spacial score (nSPS) is 12.3. The Labute approximate surface area is 784 Å². The van der Waals surface area contributed by atoms with Gasteiger partial charge in [0.15, 0.2) is 0 Å². The second-order valence-corrected chi connectivity index (χ2v) is 40.2. The van der Waals surface area contributed by atoms with Crippen LogP contribution in [0.15, 0.2) is 72.9 Å². The average Bonchev–Trinajstić information content (AvgIpc) is 0.950. The van der Waals surface area contributed by atoms with Gasteiger partial charge in [-0.25, -0.2) is 0 Å². The van der Waals surface area contributed by atoms with Crippen molar-refractivity contribution in [3.8, 4) is 0 Å². The first-order chi connectivity index (χ1) is 60.4. The van der Waals surface area contributed by atoms with E-state index in [1.165, 1.54) is 424 Å². The molecule has 0 aromatic heterocycles. The van der Waals surface area contributed by atoms with Crippen LogP contribution in [0.4, 0.5) is 0 Å². The van der Waals surface area contributed by atoms with Gasteiger partial charge in [-0.15, -0.1) is 0 Å². The van der Waals surface area contributed by atoms with Gasteiger partial charge in [0.2, 0.25) is 0 Å². The van der Waals surface area contributed by atoms with E-state index in [4.69, 9.17) is 27.1 Å². The number of hydrogen-bond acceptors (Lipinski definition) is 12. The van der Waals surface area contributed by atoms with Gasteiger partial charge in [0.25, 0.3) is 23.5 Å². The Morgan fingerprint density at radius 1 is 0.145 bits per heavy atom. The molecule has 0 saturated carbocycles. The van der Waals surface area contributed by atoms with E-state index in [0.717, 1.165) is 116 Å². The summed E-state index contributed by atoms with van der Waals surface area (Å²) >= 11 is 0. The smallest absolute Gasteiger partial charge is 0.756 e. The van der Waals surface area contributed by atoms with Gasteiger partial charge in [0, 0.05) is 0 Å². The fourth-order valence-electron chi connectivity index (χ4n) is 15.3. The van der Waals surface area contributed by atoms with Crippen molar-refractivity contribution in [2.45, 2.75) is 581 Å². The SMILES string of the molecule is CCCCCCCC/C=C\CCCCCCCCOP(=O)([O-])OCCCCCCCC/C=C\CCCCCCCC.CCCCCCCC/C=C\CCCCCCCCOP(=O)([O-])OCCCCCCCC/C=C\CCCCCCCC.CCCCCCCC/C=C\CCCCCCCCOP(=O)([O-])OCCCCCCCC/C=C\CCCCCCCC.[Co+3]. The van der Waals surface area contributed by atoms with Crippen LogP contribution in [0.2, 0.25) is 0 Å². The van der Waals surface area contributed by atoms with Crippen molar-refractivity contribution in [1.82, 2.24) is 0 Å². The molecule has 16 heteroatoms. The first-order valence-electron chi connectivity index (χ1n) is 54.1. The molecule has 0 spiro atoms. The van der Waals surface area contributed by atoms with E-state index >= 15 is 0 Å². The molecule has 0 N–H and O–H groups in total. The molecular formula is C108H210CoO12P3. The van der Waals surface area contributed by atoms with Gasteiger partial charge in [-0.3, -0.25) is 13.7 Å². The van der Waals surface area contributed by atoms with E-state index in [2.05, 4.69) is 114 Å². The monoisotopic (exact) mass is 1850 g/mol. The minimum Gasteiger partial charge on any atom is -0.756 e. The molecule has 0 fully saturated rings. The summed E-state index contributed by atoms with van der Waals surface area (Å²) in [7, 11) is -12.4. The Hall–Kier alpha value is -0.724. The summed E-state index contributed by atoms with van der Waals surface area (Å²) in [5.41, 5.74) is 0. The van der Waals surface area contributed by atoms with Gasteiger partial charge in [0.05, 0.1) is 39.6 Å². The Balaban J connectivity index is -0.000000867. The van der Waals surface area contributed by atoms with E-state index < -0.39 is 23.5 Å². The molecule has 0 aromatic rings. The number of hydrogen-bond donors (Lipinski definition) is 0. The zero-order valence-corrected chi connectivity index (χ0v) is 86.9. The zero-order valence-electron chi connectivity index (χ0n) is 83.1. The van der Waals surface area contributed by atoms with Gasteiger partial charge in [-0.1, -0.05) is 461 Å². The van der Waals surface area contributed by atoms with Crippen LogP contribution in [0.1, 0.15) is 581 Å². The molecule has 0 unspecified atom stereocenters. The fraction of sp³-hybridized carbons (Fsp3) is 0.889. The average molecular weight is 1850 g/mol. The molecule has 0 aliphatic heterocycles. The molecule has 0 aliphatic carbocycles. The Bertz CT molecular complexity index is 1920. The summed E-state index contributed by atoms with van der Waals surface area (Å²) in [6.45, 7) is 15.1. The Morgan fingerprint density at radius 2 is 0.226 bits per heavy atom. The Kier molecular flexibility index (Phi) is 120. The predicted molar refractivity (Wildman–Crippen MR) is 535 cm³/mol. The van der Waals surface area contributed by atoms with Crippen molar-refractivity contribution in [3.63, 3.8) is 0 Å². The maximum atomic E-state index is 11.9. The van der Waals surface area contributed by atoms with Crippen LogP contribution in [0.3, 0.4) is 0 Å². The summed E-state index contributed by atoms with van der Waals surface area (Å²) in [4.78, 5) is 35.8. The van der Waals surface area contributed by atoms with Crippen molar-refractivity contribution in [1.29, 1.82) is 0 Å². The summed E-state index contributed by atoms with van der Waals surface area (Å²) in [6, 6.07) is 0. The van der Waals surface area contributed by atoms with Gasteiger partial charge < -0.3 is 41.8 Å². The standard InChI is InChI=1S/3C36H71O4P.Co/c3*1-3-5-7-9-11-13-15-17-19-21-23-25-27-29-31-33-35-39-41(37,38)40-36-34-32-30-28-26-24-22-20-18-16-14-12-10-8-6-4-2;/h3*17-20H,3-16,21-36H2,1-2H3,(H,37,38);/q;;;+3/p-3/b3*19-17-,20-18-;. The number of phosphoric acid groups is 3. The maximum absolute atomic E-state index is 11.9. The number of rotatable bonds is 102. The molecule has 12 nitrogen and oxygen atoms in total. The summed E-state index contributed by atoms with van der Waals surface area (Å²) in [5, 5.41) is 0. The zero-order chi connectivity index (χ0) is 89.9. The molecule has 124 heavy (non-hydrogen) atoms. The molecule has 0 rings (SSSR count).